The first kappa shape index (κ1) is 13.5. The van der Waals surface area contributed by atoms with Crippen LogP contribution in [0.5, 0.6) is 0 Å². The van der Waals surface area contributed by atoms with Crippen LogP contribution in [0.15, 0.2) is 47.4 Å². The van der Waals surface area contributed by atoms with Crippen LogP contribution in [0.4, 0.5) is 8.78 Å². The second kappa shape index (κ2) is 5.84. The SMILES string of the molecule is O=C(O)c1ccc(F)c(CSc2ccccc2F)c1. The maximum atomic E-state index is 13.5. The number of thioether (sulfide) groups is 1. The normalized spacial score (nSPS) is 10.4. The van der Waals surface area contributed by atoms with Crippen LogP contribution in [0.3, 0.4) is 0 Å². The Morgan fingerprint density at radius 2 is 1.84 bits per heavy atom. The average Bonchev–Trinajstić information content (AvgIpc) is 2.39. The van der Waals surface area contributed by atoms with Crippen molar-refractivity contribution in [3.8, 4) is 0 Å². The molecule has 0 unspecified atom stereocenters. The maximum Gasteiger partial charge on any atom is 0.335 e. The van der Waals surface area contributed by atoms with Gasteiger partial charge in [0.15, 0.2) is 0 Å². The first-order valence-electron chi connectivity index (χ1n) is 5.47. The minimum atomic E-state index is -1.11. The van der Waals surface area contributed by atoms with Gasteiger partial charge in [-0.05, 0) is 35.9 Å². The van der Waals surface area contributed by atoms with Crippen molar-refractivity contribution < 1.29 is 18.7 Å². The van der Waals surface area contributed by atoms with Crippen molar-refractivity contribution in [1.29, 1.82) is 0 Å². The zero-order chi connectivity index (χ0) is 13.8. The van der Waals surface area contributed by atoms with Gasteiger partial charge in [-0.2, -0.15) is 0 Å². The van der Waals surface area contributed by atoms with E-state index in [9.17, 15) is 13.6 Å². The molecule has 98 valence electrons. The molecule has 2 nitrogen and oxygen atoms in total. The topological polar surface area (TPSA) is 37.3 Å². The molecule has 2 aromatic carbocycles. The van der Waals surface area contributed by atoms with Crippen LogP contribution < -0.4 is 0 Å². The fourth-order valence-corrected chi connectivity index (χ4v) is 2.45. The van der Waals surface area contributed by atoms with E-state index in [4.69, 9.17) is 5.11 Å². The smallest absolute Gasteiger partial charge is 0.335 e. The summed E-state index contributed by atoms with van der Waals surface area (Å²) in [6.07, 6.45) is 0. The van der Waals surface area contributed by atoms with Crippen LogP contribution in [-0.2, 0) is 5.75 Å². The number of halogens is 2. The first-order chi connectivity index (χ1) is 9.08. The van der Waals surface area contributed by atoms with Gasteiger partial charge in [0.1, 0.15) is 11.6 Å². The summed E-state index contributed by atoms with van der Waals surface area (Å²) in [5.41, 5.74) is 0.263. The molecule has 5 heteroatoms. The summed E-state index contributed by atoms with van der Waals surface area (Å²) < 4.78 is 26.9. The van der Waals surface area contributed by atoms with Crippen LogP contribution in [0.1, 0.15) is 15.9 Å². The summed E-state index contributed by atoms with van der Waals surface area (Å²) in [5.74, 6) is -1.80. The summed E-state index contributed by atoms with van der Waals surface area (Å²) >= 11 is 1.13. The van der Waals surface area contributed by atoms with E-state index in [2.05, 4.69) is 0 Å². The molecule has 1 N–H and O–H groups in total. The number of carbonyl (C=O) groups is 1. The van der Waals surface area contributed by atoms with Crippen LogP contribution in [0.25, 0.3) is 0 Å². The zero-order valence-corrected chi connectivity index (χ0v) is 10.6. The van der Waals surface area contributed by atoms with Crippen LogP contribution in [0.2, 0.25) is 0 Å². The Balaban J connectivity index is 2.17. The quantitative estimate of drug-likeness (QED) is 0.861. The molecule has 0 aliphatic heterocycles. The lowest BCUT2D eigenvalue weighted by Crippen LogP contribution is -1.99. The third-order valence-electron chi connectivity index (χ3n) is 2.51. The minimum Gasteiger partial charge on any atom is -0.478 e. The third kappa shape index (κ3) is 3.32. The van der Waals surface area contributed by atoms with Gasteiger partial charge >= 0.3 is 5.97 Å². The molecular formula is C14H10F2O2S. The van der Waals surface area contributed by atoms with Gasteiger partial charge in [-0.3, -0.25) is 0 Å². The third-order valence-corrected chi connectivity index (χ3v) is 3.61. The Kier molecular flexibility index (Phi) is 4.16. The monoisotopic (exact) mass is 280 g/mol. The van der Waals surface area contributed by atoms with Crippen molar-refractivity contribution in [1.82, 2.24) is 0 Å². The Bertz CT molecular complexity index is 614. The van der Waals surface area contributed by atoms with Gasteiger partial charge in [-0.15, -0.1) is 11.8 Å². The Labute approximate surface area is 113 Å². The lowest BCUT2D eigenvalue weighted by molar-refractivity contribution is 0.0696. The predicted octanol–water partition coefficient (Wildman–Crippen LogP) is 3.96. The van der Waals surface area contributed by atoms with Crippen LogP contribution in [0, 0.1) is 11.6 Å². The Hall–Kier alpha value is -1.88. The molecule has 0 aliphatic rings. The van der Waals surface area contributed by atoms with Crippen molar-refractivity contribution in [3.05, 3.63) is 65.2 Å². The highest BCUT2D eigenvalue weighted by Crippen LogP contribution is 2.26. The molecule has 0 saturated carbocycles. The fourth-order valence-electron chi connectivity index (χ4n) is 1.54. The van der Waals surface area contributed by atoms with Crippen molar-refractivity contribution >= 4 is 17.7 Å². The number of aromatic carboxylic acids is 1. The molecule has 2 aromatic rings. The number of hydrogen-bond donors (Lipinski definition) is 1. The largest absolute Gasteiger partial charge is 0.478 e. The standard InChI is InChI=1S/C14H10F2O2S/c15-11-6-5-9(14(17)18)7-10(11)8-19-13-4-2-1-3-12(13)16/h1-7H,8H2,(H,17,18). The summed E-state index contributed by atoms with van der Waals surface area (Å²) in [4.78, 5) is 11.2. The Morgan fingerprint density at radius 3 is 2.53 bits per heavy atom. The lowest BCUT2D eigenvalue weighted by Gasteiger charge is -2.05. The highest BCUT2D eigenvalue weighted by atomic mass is 32.2. The summed E-state index contributed by atoms with van der Waals surface area (Å²) in [6, 6.07) is 9.77. The molecule has 0 bridgehead atoms. The molecule has 0 aliphatic carbocycles. The fraction of sp³-hybridized carbons (Fsp3) is 0.0714. The summed E-state index contributed by atoms with van der Waals surface area (Å²) in [5, 5.41) is 8.84. The minimum absolute atomic E-state index is 0.0190. The van der Waals surface area contributed by atoms with E-state index in [0.717, 1.165) is 17.8 Å². The van der Waals surface area contributed by atoms with Crippen molar-refractivity contribution in [2.45, 2.75) is 10.6 Å². The molecule has 0 aromatic heterocycles. The van der Waals surface area contributed by atoms with Gasteiger partial charge in [0.05, 0.1) is 5.56 Å². The highest BCUT2D eigenvalue weighted by molar-refractivity contribution is 7.98. The number of benzene rings is 2. The van der Waals surface area contributed by atoms with E-state index in [-0.39, 0.29) is 22.7 Å². The van der Waals surface area contributed by atoms with Crippen molar-refractivity contribution in [3.63, 3.8) is 0 Å². The molecule has 0 saturated heterocycles. The van der Waals surface area contributed by atoms with Gasteiger partial charge in [-0.25, -0.2) is 13.6 Å². The number of hydrogen-bond acceptors (Lipinski definition) is 2. The molecule has 0 radical (unpaired) electrons. The maximum absolute atomic E-state index is 13.5. The van der Waals surface area contributed by atoms with Crippen molar-refractivity contribution in [2.24, 2.45) is 0 Å². The van der Waals surface area contributed by atoms with E-state index in [1.807, 2.05) is 0 Å². The van der Waals surface area contributed by atoms with Crippen LogP contribution in [-0.4, -0.2) is 11.1 Å². The lowest BCUT2D eigenvalue weighted by atomic mass is 10.1. The summed E-state index contributed by atoms with van der Waals surface area (Å²) in [7, 11) is 0. The molecule has 0 heterocycles. The second-order valence-electron chi connectivity index (χ2n) is 3.83. The Morgan fingerprint density at radius 1 is 1.11 bits per heavy atom. The van der Waals surface area contributed by atoms with Crippen molar-refractivity contribution in [2.75, 3.05) is 0 Å². The molecule has 0 spiro atoms. The van der Waals surface area contributed by atoms with Crippen LogP contribution >= 0.6 is 11.8 Å². The number of carboxylic acid groups (broad SMARTS) is 1. The molecule has 0 amide bonds. The van der Waals surface area contributed by atoms with E-state index >= 15 is 0 Å². The van der Waals surface area contributed by atoms with Gasteiger partial charge in [0.2, 0.25) is 0 Å². The van der Waals surface area contributed by atoms with Gasteiger partial charge in [0, 0.05) is 10.6 Å². The molecule has 2 rings (SSSR count). The highest BCUT2D eigenvalue weighted by Gasteiger charge is 2.10. The molecule has 19 heavy (non-hydrogen) atoms. The van der Waals surface area contributed by atoms with E-state index < -0.39 is 11.8 Å². The van der Waals surface area contributed by atoms with E-state index in [1.54, 1.807) is 18.2 Å². The average molecular weight is 280 g/mol. The summed E-state index contributed by atoms with van der Waals surface area (Å²) in [6.45, 7) is 0. The molecule has 0 atom stereocenters. The van der Waals surface area contributed by atoms with Gasteiger partial charge < -0.3 is 5.11 Å². The molecular weight excluding hydrogens is 270 g/mol. The van der Waals surface area contributed by atoms with Gasteiger partial charge in [-0.1, -0.05) is 12.1 Å². The number of carboxylic acids is 1. The zero-order valence-electron chi connectivity index (χ0n) is 9.77. The predicted molar refractivity (Wildman–Crippen MR) is 69.3 cm³/mol. The number of rotatable bonds is 4. The van der Waals surface area contributed by atoms with E-state index in [0.29, 0.717) is 4.90 Å². The molecule has 0 fully saturated rings. The second-order valence-corrected chi connectivity index (χ2v) is 4.85. The van der Waals surface area contributed by atoms with E-state index in [1.165, 1.54) is 18.2 Å². The van der Waals surface area contributed by atoms with Gasteiger partial charge in [0.25, 0.3) is 0 Å². The first-order valence-corrected chi connectivity index (χ1v) is 6.45.